The molecule has 3 aromatic rings. The van der Waals surface area contributed by atoms with Gasteiger partial charge in [-0.3, -0.25) is 5.10 Å². The first-order chi connectivity index (χ1) is 15.3. The number of pyridine rings is 1. The third kappa shape index (κ3) is 3.53. The fourth-order valence-corrected chi connectivity index (χ4v) is 5.68. The minimum absolute atomic E-state index is 0.0341. The number of rotatable bonds is 4. The average molecular weight is 450 g/mol. The Bertz CT molecular complexity index is 1280. The zero-order chi connectivity index (χ0) is 22.5. The summed E-state index contributed by atoms with van der Waals surface area (Å²) < 4.78 is 24.7. The van der Waals surface area contributed by atoms with Crippen LogP contribution in [0.5, 0.6) is 0 Å². The fraction of sp³-hybridized carbons (Fsp3) is 0.333. The van der Waals surface area contributed by atoms with Crippen LogP contribution >= 0.6 is 0 Å². The zero-order valence-corrected chi connectivity index (χ0v) is 18.9. The van der Waals surface area contributed by atoms with Gasteiger partial charge in [0.05, 0.1) is 5.69 Å². The summed E-state index contributed by atoms with van der Waals surface area (Å²) in [6, 6.07) is 13.8. The molecule has 1 fully saturated rings. The molecule has 32 heavy (non-hydrogen) atoms. The molecule has 1 aromatic carbocycles. The van der Waals surface area contributed by atoms with Crippen LogP contribution in [-0.4, -0.2) is 42.9 Å². The van der Waals surface area contributed by atoms with Crippen LogP contribution in [0.3, 0.4) is 0 Å². The van der Waals surface area contributed by atoms with Crippen molar-refractivity contribution in [1.29, 1.82) is 0 Å². The Balaban J connectivity index is 1.43. The largest absolute Gasteiger partial charge is 0.357 e. The van der Waals surface area contributed by atoms with E-state index < -0.39 is 9.84 Å². The van der Waals surface area contributed by atoms with Crippen molar-refractivity contribution in [2.75, 3.05) is 24.2 Å². The van der Waals surface area contributed by atoms with E-state index in [2.05, 4.69) is 50.9 Å². The highest BCUT2D eigenvalue weighted by molar-refractivity contribution is 7.90. The van der Waals surface area contributed by atoms with Gasteiger partial charge < -0.3 is 10.6 Å². The lowest BCUT2D eigenvalue weighted by Crippen LogP contribution is -2.44. The molecule has 1 aliphatic carbocycles. The topological polar surface area (TPSA) is 105 Å². The highest BCUT2D eigenvalue weighted by Gasteiger charge is 2.45. The van der Waals surface area contributed by atoms with Gasteiger partial charge in [-0.2, -0.15) is 5.10 Å². The SMILES string of the molecule is C=C(c1cc(N2CCC3(CC2)Cc2ccccc2[C@H]3N)nc(S(C)(=O)=O)c1)c1ccn[nH]1. The lowest BCUT2D eigenvalue weighted by molar-refractivity contribution is 0.187. The number of H-pyrrole nitrogens is 1. The first kappa shape index (κ1) is 20.9. The molecule has 2 aliphatic rings. The van der Waals surface area contributed by atoms with Gasteiger partial charge in [0, 0.05) is 31.6 Å². The highest BCUT2D eigenvalue weighted by Crippen LogP contribution is 2.51. The van der Waals surface area contributed by atoms with Crippen LogP contribution in [0.2, 0.25) is 0 Å². The molecule has 1 saturated heterocycles. The van der Waals surface area contributed by atoms with Crippen LogP contribution in [0.4, 0.5) is 5.82 Å². The van der Waals surface area contributed by atoms with E-state index in [0.29, 0.717) is 17.0 Å². The summed E-state index contributed by atoms with van der Waals surface area (Å²) in [5.74, 6) is 0.655. The molecule has 8 heteroatoms. The monoisotopic (exact) mass is 449 g/mol. The molecule has 2 aromatic heterocycles. The Morgan fingerprint density at radius 1 is 1.22 bits per heavy atom. The van der Waals surface area contributed by atoms with Gasteiger partial charge in [0.2, 0.25) is 0 Å². The number of nitrogens with two attached hydrogens (primary N) is 1. The number of aromatic amines is 1. The third-order valence-corrected chi connectivity index (χ3v) is 7.99. The molecule has 7 nitrogen and oxygen atoms in total. The normalized spacial score (nSPS) is 19.8. The maximum Gasteiger partial charge on any atom is 0.192 e. The molecule has 0 bridgehead atoms. The molecule has 1 atom stereocenters. The van der Waals surface area contributed by atoms with E-state index in [1.165, 1.54) is 17.4 Å². The summed E-state index contributed by atoms with van der Waals surface area (Å²) >= 11 is 0. The minimum Gasteiger partial charge on any atom is -0.357 e. The van der Waals surface area contributed by atoms with Gasteiger partial charge in [-0.25, -0.2) is 13.4 Å². The van der Waals surface area contributed by atoms with Crippen molar-refractivity contribution in [2.45, 2.75) is 30.3 Å². The standard InChI is InChI=1S/C24H27N5O2S/c1-16(20-7-10-26-28-20)18-13-21(27-22(14-18)32(2,30)31)29-11-8-24(9-12-29)15-17-5-3-4-6-19(17)23(24)25/h3-7,10,13-14,23H,1,8-9,11-12,15,25H2,2H3,(H,26,28)/t23-/m1/s1. The van der Waals surface area contributed by atoms with Gasteiger partial charge in [-0.05, 0) is 65.1 Å². The predicted octanol–water partition coefficient (Wildman–Crippen LogP) is 3.11. The van der Waals surface area contributed by atoms with Gasteiger partial charge in [-0.1, -0.05) is 30.8 Å². The Labute approximate surface area is 188 Å². The number of fused-ring (bicyclic) bond motifs is 1. The molecule has 5 rings (SSSR count). The van der Waals surface area contributed by atoms with Gasteiger partial charge in [0.1, 0.15) is 5.82 Å². The number of benzene rings is 1. The van der Waals surface area contributed by atoms with E-state index in [1.807, 2.05) is 12.1 Å². The summed E-state index contributed by atoms with van der Waals surface area (Å²) in [5, 5.41) is 6.92. The summed E-state index contributed by atoms with van der Waals surface area (Å²) in [5.41, 5.74) is 11.5. The second-order valence-electron chi connectivity index (χ2n) is 8.98. The van der Waals surface area contributed by atoms with Gasteiger partial charge in [-0.15, -0.1) is 0 Å². The Morgan fingerprint density at radius 2 is 1.97 bits per heavy atom. The number of piperidine rings is 1. The lowest BCUT2D eigenvalue weighted by atomic mass is 9.73. The lowest BCUT2D eigenvalue weighted by Gasteiger charge is -2.42. The van der Waals surface area contributed by atoms with E-state index in [1.54, 1.807) is 12.3 Å². The molecule has 0 amide bonds. The maximum atomic E-state index is 12.4. The molecule has 3 N–H and O–H groups in total. The summed E-state index contributed by atoms with van der Waals surface area (Å²) in [6.07, 6.45) is 5.70. The second-order valence-corrected chi connectivity index (χ2v) is 10.9. The predicted molar refractivity (Wildman–Crippen MR) is 125 cm³/mol. The smallest absolute Gasteiger partial charge is 0.192 e. The molecule has 1 spiro atoms. The number of hydrogen-bond donors (Lipinski definition) is 2. The van der Waals surface area contributed by atoms with Crippen LogP contribution in [0, 0.1) is 5.41 Å². The van der Waals surface area contributed by atoms with Gasteiger partial charge >= 0.3 is 0 Å². The van der Waals surface area contributed by atoms with Crippen molar-refractivity contribution in [3.8, 4) is 0 Å². The third-order valence-electron chi connectivity index (χ3n) is 7.02. The number of nitrogens with zero attached hydrogens (tertiary/aromatic N) is 3. The zero-order valence-electron chi connectivity index (χ0n) is 18.1. The molecule has 3 heterocycles. The Kier molecular flexibility index (Phi) is 4.94. The van der Waals surface area contributed by atoms with Crippen LogP contribution in [0.1, 0.15) is 41.3 Å². The first-order valence-electron chi connectivity index (χ1n) is 10.8. The molecule has 1 aliphatic heterocycles. The van der Waals surface area contributed by atoms with Gasteiger partial charge in [0.15, 0.2) is 14.9 Å². The fourth-order valence-electron chi connectivity index (χ4n) is 5.08. The Morgan fingerprint density at radius 3 is 2.62 bits per heavy atom. The Hall–Kier alpha value is -2.97. The van der Waals surface area contributed by atoms with E-state index in [4.69, 9.17) is 5.73 Å². The molecular weight excluding hydrogens is 422 g/mol. The number of nitrogens with one attached hydrogen (secondary N) is 1. The molecule has 0 radical (unpaired) electrons. The van der Waals surface area contributed by atoms with Crippen molar-refractivity contribution in [3.05, 3.63) is 77.6 Å². The van der Waals surface area contributed by atoms with Crippen molar-refractivity contribution in [1.82, 2.24) is 15.2 Å². The summed E-state index contributed by atoms with van der Waals surface area (Å²) in [6.45, 7) is 5.69. The van der Waals surface area contributed by atoms with E-state index >= 15 is 0 Å². The number of aromatic nitrogens is 3. The number of sulfone groups is 1. The molecule has 166 valence electrons. The summed E-state index contributed by atoms with van der Waals surface area (Å²) in [7, 11) is -3.48. The van der Waals surface area contributed by atoms with Crippen LogP contribution in [0.15, 0.2) is 60.3 Å². The minimum atomic E-state index is -3.48. The van der Waals surface area contributed by atoms with Crippen LogP contribution in [0.25, 0.3) is 5.57 Å². The van der Waals surface area contributed by atoms with Crippen LogP contribution < -0.4 is 10.6 Å². The van der Waals surface area contributed by atoms with E-state index in [-0.39, 0.29) is 16.5 Å². The number of anilines is 1. The maximum absolute atomic E-state index is 12.4. The van der Waals surface area contributed by atoms with Crippen LogP contribution in [-0.2, 0) is 16.3 Å². The van der Waals surface area contributed by atoms with Crippen molar-refractivity contribution < 1.29 is 8.42 Å². The van der Waals surface area contributed by atoms with E-state index in [0.717, 1.165) is 38.0 Å². The summed E-state index contributed by atoms with van der Waals surface area (Å²) in [4.78, 5) is 6.67. The molecule has 0 saturated carbocycles. The van der Waals surface area contributed by atoms with Crippen molar-refractivity contribution >= 4 is 21.2 Å². The molecular formula is C24H27N5O2S. The average Bonchev–Trinajstić information content (AvgIpc) is 3.41. The van der Waals surface area contributed by atoms with Gasteiger partial charge in [0.25, 0.3) is 0 Å². The number of hydrogen-bond acceptors (Lipinski definition) is 6. The van der Waals surface area contributed by atoms with Crippen molar-refractivity contribution in [2.24, 2.45) is 11.1 Å². The van der Waals surface area contributed by atoms with Crippen molar-refractivity contribution in [3.63, 3.8) is 0 Å². The quantitative estimate of drug-likeness (QED) is 0.634. The highest BCUT2D eigenvalue weighted by atomic mass is 32.2. The van der Waals surface area contributed by atoms with E-state index in [9.17, 15) is 8.42 Å². The molecule has 0 unspecified atom stereocenters. The second kappa shape index (κ2) is 7.56. The first-order valence-corrected chi connectivity index (χ1v) is 12.7.